The number of methoxy groups -OCH3 is 1. The smallest absolute Gasteiger partial charge is 0.217 e. The van der Waals surface area contributed by atoms with Gasteiger partial charge in [0.1, 0.15) is 5.75 Å². The number of Topliss-reactive ketones (excluding diaryl/α,β-unsaturated/α-hetero) is 1. The van der Waals surface area contributed by atoms with Crippen LogP contribution >= 0.6 is 0 Å². The van der Waals surface area contributed by atoms with Crippen molar-refractivity contribution in [2.24, 2.45) is 0 Å². The van der Waals surface area contributed by atoms with Crippen molar-refractivity contribution < 1.29 is 14.3 Å². The molecule has 0 aliphatic carbocycles. The van der Waals surface area contributed by atoms with Crippen molar-refractivity contribution in [2.75, 3.05) is 26.7 Å². The highest BCUT2D eigenvalue weighted by Gasteiger charge is 2.22. The molecule has 1 heterocycles. The van der Waals surface area contributed by atoms with E-state index in [4.69, 9.17) is 4.74 Å². The fourth-order valence-electron chi connectivity index (χ4n) is 2.69. The summed E-state index contributed by atoms with van der Waals surface area (Å²) in [6, 6.07) is 7.54. The molecule has 0 radical (unpaired) electrons. The number of ketones is 1. The van der Waals surface area contributed by atoms with Gasteiger partial charge in [0, 0.05) is 26.1 Å². The lowest BCUT2D eigenvalue weighted by Gasteiger charge is -2.31. The second-order valence-corrected chi connectivity index (χ2v) is 5.37. The minimum atomic E-state index is 0.0125. The topological polar surface area (TPSA) is 58.6 Å². The lowest BCUT2D eigenvalue weighted by Crippen LogP contribution is -2.45. The van der Waals surface area contributed by atoms with Gasteiger partial charge in [-0.25, -0.2) is 0 Å². The highest BCUT2D eigenvalue weighted by molar-refractivity contribution is 6.00. The van der Waals surface area contributed by atoms with E-state index in [-0.39, 0.29) is 17.7 Å². The molecule has 5 heteroatoms. The Morgan fingerprint density at radius 3 is 2.57 bits per heavy atom. The van der Waals surface area contributed by atoms with Gasteiger partial charge in [0.15, 0.2) is 5.78 Å². The lowest BCUT2D eigenvalue weighted by atomic mass is 10.0. The fraction of sp³-hybridized carbons (Fsp3) is 0.500. The Kier molecular flexibility index (Phi) is 5.33. The van der Waals surface area contributed by atoms with Gasteiger partial charge in [-0.15, -0.1) is 0 Å². The van der Waals surface area contributed by atoms with Gasteiger partial charge >= 0.3 is 0 Å². The van der Waals surface area contributed by atoms with Crippen LogP contribution in [-0.4, -0.2) is 49.4 Å². The molecule has 1 saturated heterocycles. The average molecular weight is 290 g/mol. The van der Waals surface area contributed by atoms with E-state index in [1.165, 1.54) is 6.92 Å². The van der Waals surface area contributed by atoms with Gasteiger partial charge in [0.05, 0.1) is 19.2 Å². The third-order valence-corrected chi connectivity index (χ3v) is 3.77. The molecular weight excluding hydrogens is 268 g/mol. The summed E-state index contributed by atoms with van der Waals surface area (Å²) in [7, 11) is 1.57. The van der Waals surface area contributed by atoms with Gasteiger partial charge in [0.25, 0.3) is 0 Å². The standard InChI is InChI=1S/C16H22N2O3/c1-12(19)17-13-7-9-18(10-8-13)11-15(20)14-5-3-4-6-16(14)21-2/h3-6,13H,7-11H2,1-2H3,(H,17,19). The van der Waals surface area contributed by atoms with Gasteiger partial charge in [-0.05, 0) is 25.0 Å². The minimum absolute atomic E-state index is 0.0125. The number of amides is 1. The van der Waals surface area contributed by atoms with Gasteiger partial charge < -0.3 is 10.1 Å². The molecule has 1 aliphatic heterocycles. The van der Waals surface area contributed by atoms with E-state index < -0.39 is 0 Å². The number of hydrogen-bond donors (Lipinski definition) is 1. The predicted molar refractivity (Wildman–Crippen MR) is 80.6 cm³/mol. The number of likely N-dealkylation sites (tertiary alicyclic amines) is 1. The van der Waals surface area contributed by atoms with Crippen molar-refractivity contribution in [2.45, 2.75) is 25.8 Å². The normalized spacial score (nSPS) is 16.5. The van der Waals surface area contributed by atoms with Crippen molar-refractivity contribution in [3.8, 4) is 5.75 Å². The number of carbonyl (C=O) groups excluding carboxylic acids is 2. The molecule has 21 heavy (non-hydrogen) atoms. The van der Waals surface area contributed by atoms with Crippen LogP contribution in [0.3, 0.4) is 0 Å². The summed E-state index contributed by atoms with van der Waals surface area (Å²) >= 11 is 0. The number of para-hydroxylation sites is 1. The zero-order valence-electron chi connectivity index (χ0n) is 12.6. The van der Waals surface area contributed by atoms with Crippen molar-refractivity contribution >= 4 is 11.7 Å². The van der Waals surface area contributed by atoms with Crippen molar-refractivity contribution in [1.82, 2.24) is 10.2 Å². The third kappa shape index (κ3) is 4.29. The second-order valence-electron chi connectivity index (χ2n) is 5.37. The van der Waals surface area contributed by atoms with Crippen LogP contribution in [0.25, 0.3) is 0 Å². The summed E-state index contributed by atoms with van der Waals surface area (Å²) in [6.45, 7) is 3.59. The van der Waals surface area contributed by atoms with Gasteiger partial charge in [-0.1, -0.05) is 12.1 Å². The fourth-order valence-corrected chi connectivity index (χ4v) is 2.69. The first-order chi connectivity index (χ1) is 10.1. The maximum absolute atomic E-state index is 12.4. The van der Waals surface area contributed by atoms with Gasteiger partial charge in [-0.3, -0.25) is 14.5 Å². The van der Waals surface area contributed by atoms with E-state index in [1.807, 2.05) is 12.1 Å². The quantitative estimate of drug-likeness (QED) is 0.835. The SMILES string of the molecule is COc1ccccc1C(=O)CN1CCC(NC(C)=O)CC1. The molecule has 1 aliphatic rings. The number of hydrogen-bond acceptors (Lipinski definition) is 4. The van der Waals surface area contributed by atoms with Crippen LogP contribution in [0.2, 0.25) is 0 Å². The summed E-state index contributed by atoms with van der Waals surface area (Å²) in [5.41, 5.74) is 0.629. The maximum atomic E-state index is 12.4. The van der Waals surface area contributed by atoms with E-state index in [2.05, 4.69) is 10.2 Å². The monoisotopic (exact) mass is 290 g/mol. The predicted octanol–water partition coefficient (Wildman–Crippen LogP) is 1.48. The Morgan fingerprint density at radius 2 is 1.95 bits per heavy atom. The largest absolute Gasteiger partial charge is 0.496 e. The highest BCUT2D eigenvalue weighted by Crippen LogP contribution is 2.19. The Bertz CT molecular complexity index is 508. The summed E-state index contributed by atoms with van der Waals surface area (Å²) in [5, 5.41) is 2.93. The van der Waals surface area contributed by atoms with Crippen molar-refractivity contribution in [3.05, 3.63) is 29.8 Å². The Morgan fingerprint density at radius 1 is 1.29 bits per heavy atom. The maximum Gasteiger partial charge on any atom is 0.217 e. The van der Waals surface area contributed by atoms with E-state index >= 15 is 0 Å². The second kappa shape index (κ2) is 7.22. The van der Waals surface area contributed by atoms with Crippen LogP contribution in [0, 0.1) is 0 Å². The van der Waals surface area contributed by atoms with Crippen LogP contribution in [0.15, 0.2) is 24.3 Å². The third-order valence-electron chi connectivity index (χ3n) is 3.77. The number of piperidine rings is 1. The molecule has 114 valence electrons. The molecule has 0 aromatic heterocycles. The van der Waals surface area contributed by atoms with Crippen molar-refractivity contribution in [1.29, 1.82) is 0 Å². The van der Waals surface area contributed by atoms with Crippen LogP contribution in [0.1, 0.15) is 30.1 Å². The van der Waals surface area contributed by atoms with Crippen LogP contribution in [0.4, 0.5) is 0 Å². The summed E-state index contributed by atoms with van der Waals surface area (Å²) in [5.74, 6) is 0.708. The summed E-state index contributed by atoms with van der Waals surface area (Å²) < 4.78 is 5.23. The van der Waals surface area contributed by atoms with E-state index in [9.17, 15) is 9.59 Å². The van der Waals surface area contributed by atoms with E-state index in [0.29, 0.717) is 17.9 Å². The van der Waals surface area contributed by atoms with Gasteiger partial charge in [0.2, 0.25) is 5.91 Å². The highest BCUT2D eigenvalue weighted by atomic mass is 16.5. The number of carbonyl (C=O) groups is 2. The molecule has 0 spiro atoms. The Hall–Kier alpha value is -1.88. The number of rotatable bonds is 5. The van der Waals surface area contributed by atoms with Crippen LogP contribution in [0.5, 0.6) is 5.75 Å². The first kappa shape index (κ1) is 15.5. The number of benzene rings is 1. The first-order valence-corrected chi connectivity index (χ1v) is 7.26. The average Bonchev–Trinajstić information content (AvgIpc) is 2.48. The Labute approximate surface area is 125 Å². The molecular formula is C16H22N2O3. The molecule has 1 aromatic carbocycles. The minimum Gasteiger partial charge on any atom is -0.496 e. The molecule has 0 saturated carbocycles. The zero-order valence-corrected chi connectivity index (χ0v) is 12.6. The molecule has 5 nitrogen and oxygen atoms in total. The molecule has 0 atom stereocenters. The zero-order chi connectivity index (χ0) is 15.2. The van der Waals surface area contributed by atoms with Crippen molar-refractivity contribution in [3.63, 3.8) is 0 Å². The molecule has 0 unspecified atom stereocenters. The molecule has 1 aromatic rings. The van der Waals surface area contributed by atoms with Crippen LogP contribution in [-0.2, 0) is 4.79 Å². The number of nitrogens with one attached hydrogen (secondary N) is 1. The summed E-state index contributed by atoms with van der Waals surface area (Å²) in [4.78, 5) is 25.5. The molecule has 2 rings (SSSR count). The lowest BCUT2D eigenvalue weighted by molar-refractivity contribution is -0.119. The molecule has 1 N–H and O–H groups in total. The number of nitrogens with zero attached hydrogens (tertiary/aromatic N) is 1. The van der Waals surface area contributed by atoms with Crippen LogP contribution < -0.4 is 10.1 Å². The van der Waals surface area contributed by atoms with Gasteiger partial charge in [-0.2, -0.15) is 0 Å². The number of ether oxygens (including phenoxy) is 1. The summed E-state index contributed by atoms with van der Waals surface area (Å²) in [6.07, 6.45) is 1.78. The Balaban J connectivity index is 1.88. The molecule has 1 amide bonds. The van der Waals surface area contributed by atoms with E-state index in [1.54, 1.807) is 19.2 Å². The first-order valence-electron chi connectivity index (χ1n) is 7.26. The molecule has 1 fully saturated rings. The van der Waals surface area contributed by atoms with E-state index in [0.717, 1.165) is 25.9 Å². The molecule has 0 bridgehead atoms.